The summed E-state index contributed by atoms with van der Waals surface area (Å²) in [5.74, 6) is -1.15. The van der Waals surface area contributed by atoms with Gasteiger partial charge in [0.15, 0.2) is 5.78 Å². The summed E-state index contributed by atoms with van der Waals surface area (Å²) in [7, 11) is 0. The van der Waals surface area contributed by atoms with Gasteiger partial charge in [0.2, 0.25) is 0 Å². The molecular formula is C18H15NO3. The second-order valence-corrected chi connectivity index (χ2v) is 5.17. The molecule has 0 aliphatic carbocycles. The fourth-order valence-electron chi connectivity index (χ4n) is 2.54. The first kappa shape index (κ1) is 14.1. The van der Waals surface area contributed by atoms with Crippen molar-refractivity contribution in [1.29, 1.82) is 0 Å². The van der Waals surface area contributed by atoms with Gasteiger partial charge < -0.3 is 10.4 Å². The van der Waals surface area contributed by atoms with Crippen LogP contribution >= 0.6 is 0 Å². The molecule has 22 heavy (non-hydrogen) atoms. The molecule has 1 aliphatic heterocycles. The fourth-order valence-corrected chi connectivity index (χ4v) is 2.54. The van der Waals surface area contributed by atoms with Crippen molar-refractivity contribution in [2.75, 3.05) is 0 Å². The van der Waals surface area contributed by atoms with Crippen molar-refractivity contribution >= 4 is 17.4 Å². The second kappa shape index (κ2) is 5.85. The highest BCUT2D eigenvalue weighted by molar-refractivity contribution is 6.30. The van der Waals surface area contributed by atoms with Gasteiger partial charge in [-0.05, 0) is 5.56 Å². The van der Waals surface area contributed by atoms with Gasteiger partial charge in [0.1, 0.15) is 11.3 Å². The molecule has 1 aliphatic rings. The smallest absolute Gasteiger partial charge is 0.259 e. The number of rotatable bonds is 3. The molecule has 4 heteroatoms. The summed E-state index contributed by atoms with van der Waals surface area (Å²) in [6, 6.07) is 17.4. The Morgan fingerprint density at radius 3 is 2.18 bits per heavy atom. The average molecular weight is 293 g/mol. The van der Waals surface area contributed by atoms with Gasteiger partial charge >= 0.3 is 0 Å². The Balaban J connectivity index is 1.89. The van der Waals surface area contributed by atoms with Gasteiger partial charge in [-0.3, -0.25) is 9.59 Å². The third kappa shape index (κ3) is 2.63. The maximum absolute atomic E-state index is 12.4. The normalized spacial score (nSPS) is 19.9. The number of Topliss-reactive ketones (excluding diaryl/α,β-unsaturated/α-hetero) is 1. The molecule has 0 spiro atoms. The summed E-state index contributed by atoms with van der Waals surface area (Å²) >= 11 is 0. The minimum absolute atomic E-state index is 0.160. The number of nitrogens with one attached hydrogen (secondary N) is 1. The number of carbonyl (C=O) groups is 2. The van der Waals surface area contributed by atoms with Crippen LogP contribution < -0.4 is 5.32 Å². The molecule has 2 aromatic rings. The first-order chi connectivity index (χ1) is 10.7. The third-order valence-corrected chi connectivity index (χ3v) is 3.66. The lowest BCUT2D eigenvalue weighted by Crippen LogP contribution is -2.31. The van der Waals surface area contributed by atoms with Gasteiger partial charge in [-0.25, -0.2) is 0 Å². The highest BCUT2D eigenvalue weighted by atomic mass is 16.3. The number of aliphatic hydroxyl groups excluding tert-OH is 1. The third-order valence-electron chi connectivity index (χ3n) is 3.66. The van der Waals surface area contributed by atoms with E-state index in [0.717, 1.165) is 5.56 Å². The van der Waals surface area contributed by atoms with Crippen LogP contribution in [-0.2, 0) is 16.0 Å². The Morgan fingerprint density at radius 2 is 1.55 bits per heavy atom. The molecule has 2 N–H and O–H groups in total. The lowest BCUT2D eigenvalue weighted by atomic mass is 9.99. The lowest BCUT2D eigenvalue weighted by Gasteiger charge is -2.07. The van der Waals surface area contributed by atoms with Crippen molar-refractivity contribution in [3.05, 3.63) is 77.4 Å². The molecule has 1 atom stereocenters. The quantitative estimate of drug-likeness (QED) is 0.518. The van der Waals surface area contributed by atoms with E-state index in [2.05, 4.69) is 5.32 Å². The van der Waals surface area contributed by atoms with Gasteiger partial charge in [0.25, 0.3) is 5.91 Å². The van der Waals surface area contributed by atoms with E-state index in [9.17, 15) is 14.7 Å². The number of carbonyl (C=O) groups excluding carboxylic acids is 2. The monoisotopic (exact) mass is 293 g/mol. The largest absolute Gasteiger partial charge is 0.506 e. The van der Waals surface area contributed by atoms with Crippen LogP contribution in [0.1, 0.15) is 11.1 Å². The number of ketones is 1. The van der Waals surface area contributed by atoms with Gasteiger partial charge in [-0.15, -0.1) is 0 Å². The molecular weight excluding hydrogens is 278 g/mol. The predicted octanol–water partition coefficient (Wildman–Crippen LogP) is 2.27. The molecule has 0 aromatic heterocycles. The number of hydrogen-bond acceptors (Lipinski definition) is 3. The van der Waals surface area contributed by atoms with Crippen LogP contribution in [0.3, 0.4) is 0 Å². The van der Waals surface area contributed by atoms with Crippen LogP contribution in [0.2, 0.25) is 0 Å². The van der Waals surface area contributed by atoms with Crippen LogP contribution in [0.25, 0.3) is 5.76 Å². The highest BCUT2D eigenvalue weighted by Gasteiger charge is 2.38. The van der Waals surface area contributed by atoms with Crippen molar-refractivity contribution < 1.29 is 14.7 Å². The van der Waals surface area contributed by atoms with E-state index < -0.39 is 11.9 Å². The van der Waals surface area contributed by atoms with E-state index in [0.29, 0.717) is 12.0 Å². The lowest BCUT2D eigenvalue weighted by molar-refractivity contribution is -0.117. The zero-order chi connectivity index (χ0) is 15.5. The van der Waals surface area contributed by atoms with E-state index in [1.807, 2.05) is 30.3 Å². The average Bonchev–Trinajstić information content (AvgIpc) is 2.82. The molecule has 1 fully saturated rings. The second-order valence-electron chi connectivity index (χ2n) is 5.17. The van der Waals surface area contributed by atoms with Crippen LogP contribution in [0.5, 0.6) is 0 Å². The summed E-state index contributed by atoms with van der Waals surface area (Å²) < 4.78 is 0. The zero-order valence-electron chi connectivity index (χ0n) is 11.8. The molecule has 1 amide bonds. The Kier molecular flexibility index (Phi) is 3.74. The maximum Gasteiger partial charge on any atom is 0.259 e. The summed E-state index contributed by atoms with van der Waals surface area (Å²) in [5.41, 5.74) is 1.26. The Morgan fingerprint density at radius 1 is 0.955 bits per heavy atom. The summed E-state index contributed by atoms with van der Waals surface area (Å²) in [6.07, 6.45) is 0.414. The summed E-state index contributed by atoms with van der Waals surface area (Å²) in [6.45, 7) is 0. The van der Waals surface area contributed by atoms with Crippen LogP contribution in [0.4, 0.5) is 0 Å². The summed E-state index contributed by atoms with van der Waals surface area (Å²) in [4.78, 5) is 24.5. The van der Waals surface area contributed by atoms with Gasteiger partial charge in [0, 0.05) is 12.0 Å². The van der Waals surface area contributed by atoms with Crippen molar-refractivity contribution in [3.8, 4) is 0 Å². The van der Waals surface area contributed by atoms with Gasteiger partial charge in [-0.2, -0.15) is 0 Å². The van der Waals surface area contributed by atoms with Crippen LogP contribution in [0, 0.1) is 0 Å². The van der Waals surface area contributed by atoms with Crippen molar-refractivity contribution in [2.24, 2.45) is 0 Å². The van der Waals surface area contributed by atoms with Crippen LogP contribution in [0.15, 0.2) is 66.2 Å². The molecule has 0 unspecified atom stereocenters. The minimum Gasteiger partial charge on any atom is -0.506 e. The molecule has 110 valence electrons. The van der Waals surface area contributed by atoms with Gasteiger partial charge in [-0.1, -0.05) is 60.7 Å². The first-order valence-corrected chi connectivity index (χ1v) is 7.04. The predicted molar refractivity (Wildman–Crippen MR) is 83.1 cm³/mol. The SMILES string of the molecule is O=C1N[C@@H](Cc2ccccc2)C(=O)/C1=C(/O)c1ccccc1. The van der Waals surface area contributed by atoms with E-state index >= 15 is 0 Å². The van der Waals surface area contributed by atoms with E-state index in [4.69, 9.17) is 0 Å². The fraction of sp³-hybridized carbons (Fsp3) is 0.111. The number of amides is 1. The molecule has 4 nitrogen and oxygen atoms in total. The van der Waals surface area contributed by atoms with Crippen molar-refractivity contribution in [2.45, 2.75) is 12.5 Å². The van der Waals surface area contributed by atoms with E-state index in [1.54, 1.807) is 30.3 Å². The maximum atomic E-state index is 12.4. The molecule has 0 bridgehead atoms. The Bertz CT molecular complexity index is 735. The Hall–Kier alpha value is -2.88. The van der Waals surface area contributed by atoms with E-state index in [-0.39, 0.29) is 17.1 Å². The molecule has 0 radical (unpaired) electrons. The minimum atomic E-state index is -0.629. The standard InChI is InChI=1S/C18H15NO3/c20-16(13-9-5-2-6-10-13)15-17(21)14(19-18(15)22)11-12-7-3-1-4-8-12/h1-10,14,20H,11H2,(H,19,22)/b16-15-/t14-/m0/s1. The zero-order valence-corrected chi connectivity index (χ0v) is 11.8. The molecule has 3 rings (SSSR count). The number of benzene rings is 2. The number of hydrogen-bond donors (Lipinski definition) is 2. The first-order valence-electron chi connectivity index (χ1n) is 7.04. The van der Waals surface area contributed by atoms with Crippen LogP contribution in [-0.4, -0.2) is 22.8 Å². The molecule has 2 aromatic carbocycles. The topological polar surface area (TPSA) is 66.4 Å². The molecule has 1 heterocycles. The van der Waals surface area contributed by atoms with Gasteiger partial charge in [0.05, 0.1) is 6.04 Å². The molecule has 0 saturated carbocycles. The number of aliphatic hydroxyl groups is 1. The van der Waals surface area contributed by atoms with Crippen molar-refractivity contribution in [1.82, 2.24) is 5.32 Å². The van der Waals surface area contributed by atoms with Crippen molar-refractivity contribution in [3.63, 3.8) is 0 Å². The van der Waals surface area contributed by atoms with E-state index in [1.165, 1.54) is 0 Å². The highest BCUT2D eigenvalue weighted by Crippen LogP contribution is 2.23. The molecule has 1 saturated heterocycles. The summed E-state index contributed by atoms with van der Waals surface area (Å²) in [5, 5.41) is 12.9. The Labute approximate surface area is 128 Å².